The Kier molecular flexibility index (Phi) is 4.43. The SMILES string of the molecule is CN(C(=O)C1CC1)c1ccccc1C(=O)NCC1CCCN1. The fourth-order valence-electron chi connectivity index (χ4n) is 2.92. The molecule has 0 radical (unpaired) electrons. The van der Waals surface area contributed by atoms with E-state index in [2.05, 4.69) is 10.6 Å². The maximum absolute atomic E-state index is 12.5. The minimum Gasteiger partial charge on any atom is -0.350 e. The minimum atomic E-state index is -0.111. The van der Waals surface area contributed by atoms with E-state index < -0.39 is 0 Å². The predicted molar refractivity (Wildman–Crippen MR) is 85.9 cm³/mol. The van der Waals surface area contributed by atoms with Crippen molar-refractivity contribution in [2.45, 2.75) is 31.7 Å². The zero-order chi connectivity index (χ0) is 15.5. The number of amides is 2. The van der Waals surface area contributed by atoms with Gasteiger partial charge in [-0.2, -0.15) is 0 Å². The highest BCUT2D eigenvalue weighted by atomic mass is 16.2. The number of hydrogen-bond donors (Lipinski definition) is 2. The second-order valence-electron chi connectivity index (χ2n) is 6.19. The molecule has 1 atom stereocenters. The third-order valence-corrected chi connectivity index (χ3v) is 4.44. The van der Waals surface area contributed by atoms with Gasteiger partial charge in [0.05, 0.1) is 11.3 Å². The summed E-state index contributed by atoms with van der Waals surface area (Å²) in [5, 5.41) is 6.34. The van der Waals surface area contributed by atoms with Crippen LogP contribution in [0.1, 0.15) is 36.0 Å². The molecule has 0 spiro atoms. The van der Waals surface area contributed by atoms with E-state index >= 15 is 0 Å². The quantitative estimate of drug-likeness (QED) is 0.867. The van der Waals surface area contributed by atoms with E-state index in [0.717, 1.165) is 32.2 Å². The Morgan fingerprint density at radius 3 is 2.73 bits per heavy atom. The zero-order valence-corrected chi connectivity index (χ0v) is 13.0. The number of rotatable bonds is 5. The highest BCUT2D eigenvalue weighted by Gasteiger charge is 2.33. The molecule has 1 aromatic rings. The van der Waals surface area contributed by atoms with Crippen molar-refractivity contribution in [1.29, 1.82) is 0 Å². The summed E-state index contributed by atoms with van der Waals surface area (Å²) in [5.41, 5.74) is 1.26. The van der Waals surface area contributed by atoms with Gasteiger partial charge in [0.1, 0.15) is 0 Å². The summed E-state index contributed by atoms with van der Waals surface area (Å²) in [6, 6.07) is 7.68. The molecule has 1 aliphatic heterocycles. The standard InChI is InChI=1S/C17H23N3O2/c1-20(17(22)12-8-9-12)15-7-3-2-6-14(15)16(21)19-11-13-5-4-10-18-13/h2-3,6-7,12-13,18H,4-5,8-11H2,1H3,(H,19,21). The fraction of sp³-hybridized carbons (Fsp3) is 0.529. The topological polar surface area (TPSA) is 61.4 Å². The van der Waals surface area contributed by atoms with Crippen LogP contribution in [0.5, 0.6) is 0 Å². The van der Waals surface area contributed by atoms with Crippen LogP contribution in [0.25, 0.3) is 0 Å². The number of nitrogens with zero attached hydrogens (tertiary/aromatic N) is 1. The lowest BCUT2D eigenvalue weighted by Crippen LogP contribution is -2.38. The molecule has 1 unspecified atom stereocenters. The van der Waals surface area contributed by atoms with Crippen LogP contribution in [-0.2, 0) is 4.79 Å². The van der Waals surface area contributed by atoms with Crippen molar-refractivity contribution in [1.82, 2.24) is 10.6 Å². The lowest BCUT2D eigenvalue weighted by molar-refractivity contribution is -0.119. The van der Waals surface area contributed by atoms with E-state index in [1.54, 1.807) is 18.0 Å². The molecule has 1 saturated heterocycles. The lowest BCUT2D eigenvalue weighted by atomic mass is 10.1. The number of para-hydroxylation sites is 1. The maximum atomic E-state index is 12.5. The Labute approximate surface area is 131 Å². The highest BCUT2D eigenvalue weighted by Crippen LogP contribution is 2.33. The van der Waals surface area contributed by atoms with Crippen LogP contribution in [0.15, 0.2) is 24.3 Å². The molecule has 2 fully saturated rings. The van der Waals surface area contributed by atoms with E-state index in [1.807, 2.05) is 18.2 Å². The summed E-state index contributed by atoms with van der Waals surface area (Å²) in [6.45, 7) is 1.66. The molecule has 0 aromatic heterocycles. The van der Waals surface area contributed by atoms with Crippen LogP contribution in [0, 0.1) is 5.92 Å². The summed E-state index contributed by atoms with van der Waals surface area (Å²) >= 11 is 0. The van der Waals surface area contributed by atoms with Crippen molar-refractivity contribution in [2.75, 3.05) is 25.0 Å². The number of carbonyl (C=O) groups excluding carboxylic acids is 2. The maximum Gasteiger partial charge on any atom is 0.253 e. The van der Waals surface area contributed by atoms with E-state index in [-0.39, 0.29) is 17.7 Å². The number of anilines is 1. The number of hydrogen-bond acceptors (Lipinski definition) is 3. The molecule has 1 heterocycles. The largest absolute Gasteiger partial charge is 0.350 e. The third-order valence-electron chi connectivity index (χ3n) is 4.44. The van der Waals surface area contributed by atoms with Crippen molar-refractivity contribution in [2.24, 2.45) is 5.92 Å². The zero-order valence-electron chi connectivity index (χ0n) is 13.0. The summed E-state index contributed by atoms with van der Waals surface area (Å²) in [4.78, 5) is 26.3. The first-order chi connectivity index (χ1) is 10.7. The normalized spacial score (nSPS) is 20.7. The summed E-state index contributed by atoms with van der Waals surface area (Å²) in [5.74, 6) is 0.140. The number of nitrogens with one attached hydrogen (secondary N) is 2. The average molecular weight is 301 g/mol. The molecule has 1 saturated carbocycles. The van der Waals surface area contributed by atoms with Crippen molar-refractivity contribution in [3.8, 4) is 0 Å². The number of carbonyl (C=O) groups is 2. The van der Waals surface area contributed by atoms with Crippen molar-refractivity contribution in [3.05, 3.63) is 29.8 Å². The van der Waals surface area contributed by atoms with Gasteiger partial charge in [0, 0.05) is 25.6 Å². The molecule has 1 aliphatic carbocycles. The fourth-order valence-corrected chi connectivity index (χ4v) is 2.92. The van der Waals surface area contributed by atoms with Crippen LogP contribution in [0.4, 0.5) is 5.69 Å². The molecule has 2 N–H and O–H groups in total. The highest BCUT2D eigenvalue weighted by molar-refractivity contribution is 6.05. The van der Waals surface area contributed by atoms with Gasteiger partial charge in [-0.3, -0.25) is 9.59 Å². The van der Waals surface area contributed by atoms with Crippen LogP contribution in [0.3, 0.4) is 0 Å². The molecule has 5 nitrogen and oxygen atoms in total. The summed E-state index contributed by atoms with van der Waals surface area (Å²) in [7, 11) is 1.76. The van der Waals surface area contributed by atoms with Gasteiger partial charge in [0.2, 0.25) is 5.91 Å². The van der Waals surface area contributed by atoms with Gasteiger partial charge in [-0.25, -0.2) is 0 Å². The monoisotopic (exact) mass is 301 g/mol. The molecule has 118 valence electrons. The summed E-state index contributed by atoms with van der Waals surface area (Å²) in [6.07, 6.45) is 4.19. The molecule has 3 rings (SSSR count). The van der Waals surface area contributed by atoms with Crippen molar-refractivity contribution in [3.63, 3.8) is 0 Å². The average Bonchev–Trinajstić information content (AvgIpc) is 3.27. The van der Waals surface area contributed by atoms with Gasteiger partial charge in [0.25, 0.3) is 5.91 Å². The van der Waals surface area contributed by atoms with Gasteiger partial charge < -0.3 is 15.5 Å². The van der Waals surface area contributed by atoms with Gasteiger partial charge in [-0.1, -0.05) is 12.1 Å². The first kappa shape index (κ1) is 15.0. The van der Waals surface area contributed by atoms with Crippen molar-refractivity contribution < 1.29 is 9.59 Å². The lowest BCUT2D eigenvalue weighted by Gasteiger charge is -2.21. The second kappa shape index (κ2) is 6.48. The predicted octanol–water partition coefficient (Wildman–Crippen LogP) is 1.54. The molecular formula is C17H23N3O2. The Morgan fingerprint density at radius 1 is 1.27 bits per heavy atom. The number of benzene rings is 1. The minimum absolute atomic E-state index is 0.109. The Morgan fingerprint density at radius 2 is 2.05 bits per heavy atom. The van der Waals surface area contributed by atoms with E-state index in [4.69, 9.17) is 0 Å². The van der Waals surface area contributed by atoms with Gasteiger partial charge >= 0.3 is 0 Å². The van der Waals surface area contributed by atoms with Crippen LogP contribution >= 0.6 is 0 Å². The smallest absolute Gasteiger partial charge is 0.253 e. The third kappa shape index (κ3) is 3.30. The van der Waals surface area contributed by atoms with E-state index in [1.165, 1.54) is 0 Å². The van der Waals surface area contributed by atoms with Crippen LogP contribution in [-0.4, -0.2) is 38.0 Å². The molecule has 2 amide bonds. The van der Waals surface area contributed by atoms with Gasteiger partial charge in [-0.15, -0.1) is 0 Å². The first-order valence-corrected chi connectivity index (χ1v) is 8.05. The van der Waals surface area contributed by atoms with Crippen LogP contribution < -0.4 is 15.5 Å². The molecule has 2 aliphatic rings. The van der Waals surface area contributed by atoms with Crippen LogP contribution in [0.2, 0.25) is 0 Å². The molecular weight excluding hydrogens is 278 g/mol. The molecule has 1 aromatic carbocycles. The molecule has 22 heavy (non-hydrogen) atoms. The van der Waals surface area contributed by atoms with E-state index in [9.17, 15) is 9.59 Å². The first-order valence-electron chi connectivity index (χ1n) is 8.05. The van der Waals surface area contributed by atoms with Gasteiger partial charge in [0.15, 0.2) is 0 Å². The Hall–Kier alpha value is -1.88. The molecule has 0 bridgehead atoms. The van der Waals surface area contributed by atoms with E-state index in [0.29, 0.717) is 23.8 Å². The van der Waals surface area contributed by atoms with Gasteiger partial charge in [-0.05, 0) is 44.4 Å². The summed E-state index contributed by atoms with van der Waals surface area (Å²) < 4.78 is 0. The molecule has 5 heteroatoms. The van der Waals surface area contributed by atoms with Crippen molar-refractivity contribution >= 4 is 17.5 Å². The Bertz CT molecular complexity index is 563. The Balaban J connectivity index is 1.69. The second-order valence-corrected chi connectivity index (χ2v) is 6.19.